The number of likely N-dealkylation sites (N-methyl/N-ethyl adjacent to an activating group) is 1. The molecule has 1 amide bonds. The van der Waals surface area contributed by atoms with Gasteiger partial charge in [-0.05, 0) is 56.5 Å². The number of hydrogen-bond donors (Lipinski definition) is 1. The first-order valence-electron chi connectivity index (χ1n) is 9.67. The van der Waals surface area contributed by atoms with E-state index in [1.54, 1.807) is 24.3 Å². The number of aliphatic hydroxyl groups is 1. The van der Waals surface area contributed by atoms with Crippen molar-refractivity contribution in [2.24, 2.45) is 5.92 Å². The maximum atomic E-state index is 12.9. The number of piperazine rings is 1. The van der Waals surface area contributed by atoms with Crippen LogP contribution in [0.25, 0.3) is 0 Å². The third-order valence-corrected chi connectivity index (χ3v) is 6.06. The number of likely N-dealkylation sites (tertiary alicyclic amines) is 1. The number of nitrogens with zero attached hydrogens (tertiary/aromatic N) is 3. The number of rotatable bonds is 5. The van der Waals surface area contributed by atoms with E-state index in [-0.39, 0.29) is 12.5 Å². The fourth-order valence-electron chi connectivity index (χ4n) is 4.25. The Hall–Kier alpha value is -1.14. The molecule has 5 nitrogen and oxygen atoms in total. The molecule has 26 heavy (non-hydrogen) atoms. The highest BCUT2D eigenvalue weighted by atomic mass is 35.5. The highest BCUT2D eigenvalue weighted by Crippen LogP contribution is 2.28. The maximum absolute atomic E-state index is 12.9. The first-order chi connectivity index (χ1) is 12.6. The molecule has 0 bridgehead atoms. The van der Waals surface area contributed by atoms with Crippen LogP contribution in [0, 0.1) is 5.92 Å². The molecule has 2 atom stereocenters. The molecular weight excluding hydrogens is 350 g/mol. The van der Waals surface area contributed by atoms with E-state index in [0.717, 1.165) is 58.5 Å². The largest absolute Gasteiger partial charge is 0.396 e. The van der Waals surface area contributed by atoms with E-state index in [9.17, 15) is 9.90 Å². The topological polar surface area (TPSA) is 47.0 Å². The quantitative estimate of drug-likeness (QED) is 0.851. The monoisotopic (exact) mass is 379 g/mol. The Morgan fingerprint density at radius 1 is 1.15 bits per heavy atom. The Labute approximate surface area is 161 Å². The van der Waals surface area contributed by atoms with Crippen LogP contribution in [0.15, 0.2) is 24.3 Å². The summed E-state index contributed by atoms with van der Waals surface area (Å²) in [5.41, 5.74) is 0.702. The molecule has 1 N–H and O–H groups in total. The number of benzene rings is 1. The van der Waals surface area contributed by atoms with Gasteiger partial charge in [-0.1, -0.05) is 11.6 Å². The number of aliphatic hydroxyl groups excluding tert-OH is 1. The first kappa shape index (κ1) is 19.6. The van der Waals surface area contributed by atoms with Gasteiger partial charge in [0, 0.05) is 62.5 Å². The summed E-state index contributed by atoms with van der Waals surface area (Å²) in [6, 6.07) is 7.67. The van der Waals surface area contributed by atoms with Crippen LogP contribution in [0.5, 0.6) is 0 Å². The summed E-state index contributed by atoms with van der Waals surface area (Å²) < 4.78 is 0. The van der Waals surface area contributed by atoms with Gasteiger partial charge in [0.1, 0.15) is 0 Å². The lowest BCUT2D eigenvalue weighted by Crippen LogP contribution is -2.56. The van der Waals surface area contributed by atoms with Crippen LogP contribution < -0.4 is 0 Å². The number of piperidine rings is 1. The molecule has 0 aromatic heterocycles. The normalized spacial score (nSPS) is 25.4. The van der Waals surface area contributed by atoms with Gasteiger partial charge in [0.25, 0.3) is 5.91 Å². The molecule has 6 heteroatoms. The number of carbonyl (C=O) groups is 1. The van der Waals surface area contributed by atoms with Gasteiger partial charge in [-0.3, -0.25) is 9.69 Å². The molecule has 2 saturated heterocycles. The van der Waals surface area contributed by atoms with E-state index in [1.807, 2.05) is 4.90 Å². The summed E-state index contributed by atoms with van der Waals surface area (Å²) in [7, 11) is 2.17. The molecule has 1 aromatic rings. The van der Waals surface area contributed by atoms with E-state index < -0.39 is 0 Å². The van der Waals surface area contributed by atoms with Gasteiger partial charge in [-0.2, -0.15) is 0 Å². The Kier molecular flexibility index (Phi) is 6.92. The van der Waals surface area contributed by atoms with Crippen molar-refractivity contribution in [1.29, 1.82) is 0 Å². The molecule has 144 valence electrons. The molecule has 0 saturated carbocycles. The van der Waals surface area contributed by atoms with Gasteiger partial charge in [0.15, 0.2) is 0 Å². The minimum atomic E-state index is 0.0903. The van der Waals surface area contributed by atoms with Gasteiger partial charge in [0.2, 0.25) is 0 Å². The SMILES string of the molecule is CN1CCN([C@@H]2CCN(C(=O)c3ccc(Cl)cc3)C[C@@H]2CCCO)CC1. The Bertz CT molecular complexity index is 587. The van der Waals surface area contributed by atoms with Crippen molar-refractivity contribution in [2.75, 3.05) is 52.9 Å². The molecule has 2 aliphatic rings. The van der Waals surface area contributed by atoms with Gasteiger partial charge in [0.05, 0.1) is 0 Å². The molecule has 0 unspecified atom stereocenters. The number of carbonyl (C=O) groups excluding carboxylic acids is 1. The predicted octanol–water partition coefficient (Wildman–Crippen LogP) is 2.19. The van der Waals surface area contributed by atoms with E-state index in [0.29, 0.717) is 22.5 Å². The van der Waals surface area contributed by atoms with E-state index in [1.165, 1.54) is 0 Å². The van der Waals surface area contributed by atoms with Crippen LogP contribution in [0.4, 0.5) is 0 Å². The standard InChI is InChI=1S/C20H30ClN3O2/c1-22-10-12-23(13-11-22)19-8-9-24(15-17(19)3-2-14-25)20(26)16-4-6-18(21)7-5-16/h4-7,17,19,25H,2-3,8-15H2,1H3/t17-,19+/m0/s1. The summed E-state index contributed by atoms with van der Waals surface area (Å²) in [4.78, 5) is 19.8. The van der Waals surface area contributed by atoms with Gasteiger partial charge >= 0.3 is 0 Å². The van der Waals surface area contributed by atoms with Crippen molar-refractivity contribution in [2.45, 2.75) is 25.3 Å². The van der Waals surface area contributed by atoms with Crippen molar-refractivity contribution < 1.29 is 9.90 Å². The van der Waals surface area contributed by atoms with Crippen LogP contribution in [-0.4, -0.2) is 84.7 Å². The smallest absolute Gasteiger partial charge is 0.253 e. The molecule has 2 aliphatic heterocycles. The van der Waals surface area contributed by atoms with Gasteiger partial charge < -0.3 is 14.9 Å². The second-order valence-electron chi connectivity index (χ2n) is 7.58. The zero-order valence-electron chi connectivity index (χ0n) is 15.6. The molecule has 0 aliphatic carbocycles. The van der Waals surface area contributed by atoms with E-state index >= 15 is 0 Å². The fourth-order valence-corrected chi connectivity index (χ4v) is 4.38. The lowest BCUT2D eigenvalue weighted by Gasteiger charge is -2.46. The molecule has 0 spiro atoms. The van der Waals surface area contributed by atoms with Crippen LogP contribution in [0.1, 0.15) is 29.6 Å². The minimum Gasteiger partial charge on any atom is -0.396 e. The molecular formula is C20H30ClN3O2. The number of hydrogen-bond acceptors (Lipinski definition) is 4. The van der Waals surface area contributed by atoms with Crippen LogP contribution in [0.3, 0.4) is 0 Å². The Balaban J connectivity index is 1.66. The summed E-state index contributed by atoms with van der Waals surface area (Å²) in [5.74, 6) is 0.517. The average molecular weight is 380 g/mol. The highest BCUT2D eigenvalue weighted by molar-refractivity contribution is 6.30. The summed E-state index contributed by atoms with van der Waals surface area (Å²) >= 11 is 5.94. The third kappa shape index (κ3) is 4.77. The van der Waals surface area contributed by atoms with Crippen molar-refractivity contribution >= 4 is 17.5 Å². The van der Waals surface area contributed by atoms with Crippen molar-refractivity contribution in [3.8, 4) is 0 Å². The Morgan fingerprint density at radius 3 is 2.50 bits per heavy atom. The Morgan fingerprint density at radius 2 is 1.85 bits per heavy atom. The first-order valence-corrected chi connectivity index (χ1v) is 10.0. The lowest BCUT2D eigenvalue weighted by atomic mass is 9.86. The molecule has 2 fully saturated rings. The van der Waals surface area contributed by atoms with Crippen molar-refractivity contribution in [3.05, 3.63) is 34.9 Å². The number of amides is 1. The zero-order chi connectivity index (χ0) is 18.5. The third-order valence-electron chi connectivity index (χ3n) is 5.81. The summed E-state index contributed by atoms with van der Waals surface area (Å²) in [6.07, 6.45) is 2.79. The van der Waals surface area contributed by atoms with Crippen LogP contribution >= 0.6 is 11.6 Å². The second kappa shape index (κ2) is 9.18. The van der Waals surface area contributed by atoms with Gasteiger partial charge in [-0.15, -0.1) is 0 Å². The van der Waals surface area contributed by atoms with Crippen molar-refractivity contribution in [1.82, 2.24) is 14.7 Å². The highest BCUT2D eigenvalue weighted by Gasteiger charge is 2.35. The zero-order valence-corrected chi connectivity index (χ0v) is 16.4. The maximum Gasteiger partial charge on any atom is 0.253 e. The van der Waals surface area contributed by atoms with Crippen molar-refractivity contribution in [3.63, 3.8) is 0 Å². The van der Waals surface area contributed by atoms with E-state index in [2.05, 4.69) is 16.8 Å². The second-order valence-corrected chi connectivity index (χ2v) is 8.02. The predicted molar refractivity (Wildman–Crippen MR) is 105 cm³/mol. The van der Waals surface area contributed by atoms with Crippen LogP contribution in [-0.2, 0) is 0 Å². The molecule has 3 rings (SSSR count). The number of halogens is 1. The summed E-state index contributed by atoms with van der Waals surface area (Å²) in [6.45, 7) is 6.21. The average Bonchev–Trinajstić information content (AvgIpc) is 2.67. The molecule has 2 heterocycles. The van der Waals surface area contributed by atoms with Gasteiger partial charge in [-0.25, -0.2) is 0 Å². The summed E-state index contributed by atoms with van der Waals surface area (Å²) in [5, 5.41) is 9.94. The minimum absolute atomic E-state index is 0.0903. The molecule has 1 aromatic carbocycles. The lowest BCUT2D eigenvalue weighted by molar-refractivity contribution is 0.0218. The molecule has 0 radical (unpaired) electrons. The van der Waals surface area contributed by atoms with Crippen LogP contribution in [0.2, 0.25) is 5.02 Å². The fraction of sp³-hybridized carbons (Fsp3) is 0.650. The van der Waals surface area contributed by atoms with E-state index in [4.69, 9.17) is 11.6 Å².